The quantitative estimate of drug-likeness (QED) is 0.470. The van der Waals surface area contributed by atoms with Crippen LogP contribution >= 0.6 is 0 Å². The van der Waals surface area contributed by atoms with Crippen LogP contribution in [0.2, 0.25) is 0 Å². The summed E-state index contributed by atoms with van der Waals surface area (Å²) in [6, 6.07) is 13.6. The molecule has 166 valence electrons. The third-order valence-electron chi connectivity index (χ3n) is 4.48. The van der Waals surface area contributed by atoms with Gasteiger partial charge in [-0.1, -0.05) is 6.07 Å². The monoisotopic (exact) mass is 457 g/mol. The second kappa shape index (κ2) is 9.02. The fraction of sp³-hybridized carbons (Fsp3) is 0.143. The number of nitrogens with one attached hydrogen (secondary N) is 3. The molecule has 0 bridgehead atoms. The van der Waals surface area contributed by atoms with Crippen molar-refractivity contribution in [3.05, 3.63) is 72.2 Å². The van der Waals surface area contributed by atoms with Crippen LogP contribution in [0.3, 0.4) is 0 Å². The van der Waals surface area contributed by atoms with Crippen LogP contribution in [0.1, 0.15) is 16.1 Å². The van der Waals surface area contributed by atoms with E-state index in [1.807, 2.05) is 0 Å². The summed E-state index contributed by atoms with van der Waals surface area (Å²) in [5.41, 5.74) is 0.384. The zero-order valence-corrected chi connectivity index (χ0v) is 17.5. The molecule has 0 aliphatic carbocycles. The van der Waals surface area contributed by atoms with Gasteiger partial charge in [0, 0.05) is 11.6 Å². The van der Waals surface area contributed by atoms with E-state index >= 15 is 0 Å². The summed E-state index contributed by atoms with van der Waals surface area (Å²) in [5.74, 6) is 0.544. The minimum atomic E-state index is -3.97. The number of benzene rings is 2. The zero-order chi connectivity index (χ0) is 22.6. The molecule has 0 fully saturated rings. The van der Waals surface area contributed by atoms with Gasteiger partial charge >= 0.3 is 0 Å². The molecular formula is C21H19N3O7S. The molecule has 2 heterocycles. The largest absolute Gasteiger partial charge is 0.467 e. The molecule has 0 radical (unpaired) electrons. The fourth-order valence-corrected chi connectivity index (χ4v) is 4.00. The molecule has 0 spiro atoms. The first-order valence-corrected chi connectivity index (χ1v) is 11.0. The normalized spacial score (nSPS) is 12.2. The smallest absolute Gasteiger partial charge is 0.261 e. The van der Waals surface area contributed by atoms with E-state index in [1.165, 1.54) is 36.6 Å². The predicted octanol–water partition coefficient (Wildman–Crippen LogP) is 1.86. The van der Waals surface area contributed by atoms with E-state index in [4.69, 9.17) is 13.9 Å². The van der Waals surface area contributed by atoms with Gasteiger partial charge in [-0.05, 0) is 42.5 Å². The van der Waals surface area contributed by atoms with Crippen molar-refractivity contribution in [2.45, 2.75) is 11.4 Å². The number of amides is 2. The van der Waals surface area contributed by atoms with Crippen molar-refractivity contribution in [3.8, 4) is 11.5 Å². The van der Waals surface area contributed by atoms with Crippen LogP contribution in [0.5, 0.6) is 11.5 Å². The van der Waals surface area contributed by atoms with E-state index in [2.05, 4.69) is 15.4 Å². The summed E-state index contributed by atoms with van der Waals surface area (Å²) < 4.78 is 43.5. The number of hydrogen-bond acceptors (Lipinski definition) is 7. The Balaban J connectivity index is 1.37. The molecule has 3 aromatic rings. The second-order valence-corrected chi connectivity index (χ2v) is 8.42. The lowest BCUT2D eigenvalue weighted by Crippen LogP contribution is -2.36. The van der Waals surface area contributed by atoms with E-state index in [0.29, 0.717) is 17.3 Å². The molecule has 2 aromatic carbocycles. The summed E-state index contributed by atoms with van der Waals surface area (Å²) in [7, 11) is -3.97. The lowest BCUT2D eigenvalue weighted by molar-refractivity contribution is -0.120. The number of anilines is 1. The Labute approximate surface area is 183 Å². The van der Waals surface area contributed by atoms with E-state index in [1.54, 1.807) is 24.3 Å². The first-order valence-electron chi connectivity index (χ1n) is 9.50. The highest BCUT2D eigenvalue weighted by Crippen LogP contribution is 2.34. The van der Waals surface area contributed by atoms with E-state index in [0.717, 1.165) is 0 Å². The summed E-state index contributed by atoms with van der Waals surface area (Å²) in [6.45, 7) is -0.00348. The van der Waals surface area contributed by atoms with E-state index < -0.39 is 21.8 Å². The number of sulfonamides is 1. The topological polar surface area (TPSA) is 136 Å². The number of hydrogen-bond donors (Lipinski definition) is 3. The first-order chi connectivity index (χ1) is 15.4. The van der Waals surface area contributed by atoms with E-state index in [-0.39, 0.29) is 36.0 Å². The van der Waals surface area contributed by atoms with Crippen molar-refractivity contribution in [1.29, 1.82) is 0 Å². The highest BCUT2D eigenvalue weighted by atomic mass is 32.2. The molecule has 11 heteroatoms. The minimum absolute atomic E-state index is 0.0730. The Kier molecular flexibility index (Phi) is 5.99. The maximum Gasteiger partial charge on any atom is 0.261 e. The molecule has 0 atom stereocenters. The van der Waals surface area contributed by atoms with E-state index in [9.17, 15) is 18.0 Å². The molecule has 4 rings (SSSR count). The number of ether oxygens (including phenoxy) is 2. The third kappa shape index (κ3) is 5.01. The lowest BCUT2D eigenvalue weighted by Gasteiger charge is -2.10. The van der Waals surface area contributed by atoms with Crippen molar-refractivity contribution in [2.75, 3.05) is 18.1 Å². The molecule has 0 unspecified atom stereocenters. The average molecular weight is 457 g/mol. The van der Waals surface area contributed by atoms with Gasteiger partial charge in [0.2, 0.25) is 12.7 Å². The Morgan fingerprint density at radius 3 is 2.59 bits per heavy atom. The molecule has 10 nitrogen and oxygen atoms in total. The van der Waals surface area contributed by atoms with Gasteiger partial charge in [-0.3, -0.25) is 14.3 Å². The molecule has 3 N–H and O–H groups in total. The number of rotatable bonds is 8. The Morgan fingerprint density at radius 1 is 0.938 bits per heavy atom. The van der Waals surface area contributed by atoms with Crippen LogP contribution in [0.25, 0.3) is 0 Å². The van der Waals surface area contributed by atoms with Crippen molar-refractivity contribution < 1.29 is 31.9 Å². The van der Waals surface area contributed by atoms with Gasteiger partial charge in [-0.2, -0.15) is 0 Å². The van der Waals surface area contributed by atoms with Gasteiger partial charge in [0.15, 0.2) is 11.5 Å². The van der Waals surface area contributed by atoms with Gasteiger partial charge in [-0.15, -0.1) is 0 Å². The summed E-state index contributed by atoms with van der Waals surface area (Å²) in [4.78, 5) is 24.2. The van der Waals surface area contributed by atoms with Gasteiger partial charge < -0.3 is 24.5 Å². The Morgan fingerprint density at radius 2 is 1.78 bits per heavy atom. The van der Waals surface area contributed by atoms with Crippen molar-refractivity contribution >= 4 is 27.5 Å². The molecule has 0 saturated heterocycles. The number of carbonyl (C=O) groups excluding carboxylic acids is 2. The van der Waals surface area contributed by atoms with Crippen LogP contribution < -0.4 is 24.8 Å². The third-order valence-corrected chi connectivity index (χ3v) is 5.86. The molecule has 32 heavy (non-hydrogen) atoms. The number of furan rings is 1. The maximum atomic E-state index is 12.8. The lowest BCUT2D eigenvalue weighted by atomic mass is 10.2. The van der Waals surface area contributed by atoms with Gasteiger partial charge in [0.05, 0.1) is 29.9 Å². The highest BCUT2D eigenvalue weighted by molar-refractivity contribution is 7.92. The van der Waals surface area contributed by atoms with Crippen molar-refractivity contribution in [1.82, 2.24) is 10.6 Å². The molecule has 1 aromatic heterocycles. The fourth-order valence-electron chi connectivity index (χ4n) is 2.90. The Hall–Kier alpha value is -3.99. The zero-order valence-electron chi connectivity index (χ0n) is 16.7. The van der Waals surface area contributed by atoms with Crippen LogP contribution in [0.15, 0.2) is 70.2 Å². The minimum Gasteiger partial charge on any atom is -0.467 e. The molecule has 0 saturated carbocycles. The SMILES string of the molecule is O=C(CNC(=O)c1cccc(S(=O)(=O)Nc2ccc3c(c2)OCO3)c1)NCc1ccco1. The summed E-state index contributed by atoms with van der Waals surface area (Å²) in [5, 5.41) is 5.06. The van der Waals surface area contributed by atoms with Crippen LogP contribution in [-0.2, 0) is 21.4 Å². The first kappa shape index (κ1) is 21.2. The molecule has 1 aliphatic rings. The van der Waals surface area contributed by atoms with Crippen molar-refractivity contribution in [3.63, 3.8) is 0 Å². The summed E-state index contributed by atoms with van der Waals surface area (Å²) in [6.07, 6.45) is 1.49. The van der Waals surface area contributed by atoms with Crippen LogP contribution in [0.4, 0.5) is 5.69 Å². The highest BCUT2D eigenvalue weighted by Gasteiger charge is 2.19. The maximum absolute atomic E-state index is 12.8. The van der Waals surface area contributed by atoms with Crippen LogP contribution in [0, 0.1) is 0 Å². The predicted molar refractivity (Wildman–Crippen MR) is 113 cm³/mol. The molecule has 1 aliphatic heterocycles. The number of carbonyl (C=O) groups is 2. The van der Waals surface area contributed by atoms with Crippen LogP contribution in [-0.4, -0.2) is 33.6 Å². The second-order valence-electron chi connectivity index (χ2n) is 6.74. The van der Waals surface area contributed by atoms with Gasteiger partial charge in [-0.25, -0.2) is 8.42 Å². The Bertz CT molecular complexity index is 1240. The van der Waals surface area contributed by atoms with Gasteiger partial charge in [0.25, 0.3) is 15.9 Å². The molecular weight excluding hydrogens is 438 g/mol. The number of fused-ring (bicyclic) bond motifs is 1. The standard InChI is InChI=1S/C21H19N3O7S/c25-20(22-11-16-4-2-8-29-16)12-23-21(26)14-3-1-5-17(9-14)32(27,28)24-15-6-7-18-19(10-15)31-13-30-18/h1-10,24H,11-13H2,(H,22,25)(H,23,26). The average Bonchev–Trinajstić information content (AvgIpc) is 3.47. The molecule has 2 amide bonds. The van der Waals surface area contributed by atoms with Crippen molar-refractivity contribution in [2.24, 2.45) is 0 Å². The summed E-state index contributed by atoms with van der Waals surface area (Å²) >= 11 is 0. The van der Waals surface area contributed by atoms with Gasteiger partial charge in [0.1, 0.15) is 5.76 Å².